The second-order valence-electron chi connectivity index (χ2n) is 2.64. The fraction of sp³-hybridized carbons (Fsp3) is 0.222. The summed E-state index contributed by atoms with van der Waals surface area (Å²) in [6, 6.07) is 6.69. The number of alkyl halides is 1. The zero-order chi connectivity index (χ0) is 8.55. The summed E-state index contributed by atoms with van der Waals surface area (Å²) in [5, 5.41) is 0. The van der Waals surface area contributed by atoms with Crippen molar-refractivity contribution in [3.8, 4) is 5.75 Å². The fourth-order valence-electron chi connectivity index (χ4n) is 1.20. The van der Waals surface area contributed by atoms with Gasteiger partial charge in [0.25, 0.3) is 0 Å². The summed E-state index contributed by atoms with van der Waals surface area (Å²) in [6.45, 7) is -0.157. The summed E-state index contributed by atoms with van der Waals surface area (Å²) < 4.78 is 17.8. The SMILES string of the molecule is O=C1c2ccccc2OC[C@H]1F. The van der Waals surface area contributed by atoms with E-state index in [1.165, 1.54) is 0 Å². The molecule has 0 amide bonds. The van der Waals surface area contributed by atoms with Crippen LogP contribution in [0.3, 0.4) is 0 Å². The Bertz CT molecular complexity index is 322. The minimum absolute atomic E-state index is 0.157. The number of benzene rings is 1. The molecule has 1 aliphatic rings. The third-order valence-corrected chi connectivity index (χ3v) is 1.82. The molecule has 0 saturated heterocycles. The molecule has 0 N–H and O–H groups in total. The highest BCUT2D eigenvalue weighted by atomic mass is 19.1. The lowest BCUT2D eigenvalue weighted by Crippen LogP contribution is -2.28. The van der Waals surface area contributed by atoms with E-state index in [4.69, 9.17) is 4.74 Å². The van der Waals surface area contributed by atoms with Gasteiger partial charge in [0.15, 0.2) is 6.17 Å². The van der Waals surface area contributed by atoms with Crippen molar-refractivity contribution in [2.24, 2.45) is 0 Å². The van der Waals surface area contributed by atoms with E-state index in [-0.39, 0.29) is 6.61 Å². The molecule has 1 heterocycles. The van der Waals surface area contributed by atoms with Gasteiger partial charge in [-0.2, -0.15) is 0 Å². The molecular weight excluding hydrogens is 159 g/mol. The van der Waals surface area contributed by atoms with Gasteiger partial charge < -0.3 is 4.74 Å². The van der Waals surface area contributed by atoms with Crippen LogP contribution in [0.5, 0.6) is 5.75 Å². The Balaban J connectivity index is 2.49. The lowest BCUT2D eigenvalue weighted by atomic mass is 10.0. The quantitative estimate of drug-likeness (QED) is 0.585. The minimum atomic E-state index is -1.50. The average Bonchev–Trinajstić information content (AvgIpc) is 2.12. The molecule has 62 valence electrons. The van der Waals surface area contributed by atoms with Crippen molar-refractivity contribution >= 4 is 5.78 Å². The molecule has 0 bridgehead atoms. The fourth-order valence-corrected chi connectivity index (χ4v) is 1.20. The van der Waals surface area contributed by atoms with Gasteiger partial charge in [-0.25, -0.2) is 4.39 Å². The van der Waals surface area contributed by atoms with Crippen LogP contribution < -0.4 is 4.74 Å². The first-order valence-electron chi connectivity index (χ1n) is 3.69. The zero-order valence-electron chi connectivity index (χ0n) is 6.29. The van der Waals surface area contributed by atoms with Crippen molar-refractivity contribution in [1.29, 1.82) is 0 Å². The van der Waals surface area contributed by atoms with E-state index in [9.17, 15) is 9.18 Å². The molecule has 0 fully saturated rings. The van der Waals surface area contributed by atoms with Crippen LogP contribution in [0.1, 0.15) is 10.4 Å². The Hall–Kier alpha value is -1.38. The Kier molecular flexibility index (Phi) is 1.57. The number of para-hydroxylation sites is 1. The number of ketones is 1. The molecule has 2 nitrogen and oxygen atoms in total. The Morgan fingerprint density at radius 2 is 2.17 bits per heavy atom. The summed E-state index contributed by atoms with van der Waals surface area (Å²) in [7, 11) is 0. The van der Waals surface area contributed by atoms with Gasteiger partial charge in [0.05, 0.1) is 5.56 Å². The van der Waals surface area contributed by atoms with E-state index < -0.39 is 12.0 Å². The molecule has 1 aromatic rings. The maximum Gasteiger partial charge on any atom is 0.204 e. The van der Waals surface area contributed by atoms with E-state index in [1.54, 1.807) is 24.3 Å². The summed E-state index contributed by atoms with van der Waals surface area (Å²) in [4.78, 5) is 11.2. The number of hydrogen-bond acceptors (Lipinski definition) is 2. The highest BCUT2D eigenvalue weighted by Crippen LogP contribution is 2.24. The van der Waals surface area contributed by atoms with Gasteiger partial charge in [0.1, 0.15) is 12.4 Å². The van der Waals surface area contributed by atoms with Gasteiger partial charge >= 0.3 is 0 Å². The number of rotatable bonds is 0. The molecule has 1 atom stereocenters. The molecule has 1 aliphatic heterocycles. The monoisotopic (exact) mass is 166 g/mol. The Morgan fingerprint density at radius 3 is 3.00 bits per heavy atom. The van der Waals surface area contributed by atoms with Gasteiger partial charge in [-0.3, -0.25) is 4.79 Å². The number of fused-ring (bicyclic) bond motifs is 1. The van der Waals surface area contributed by atoms with E-state index in [0.29, 0.717) is 11.3 Å². The highest BCUT2D eigenvalue weighted by molar-refractivity contribution is 6.02. The molecule has 3 heteroatoms. The largest absolute Gasteiger partial charge is 0.489 e. The summed E-state index contributed by atoms with van der Waals surface area (Å²) >= 11 is 0. The summed E-state index contributed by atoms with van der Waals surface area (Å²) in [5.41, 5.74) is 0.344. The van der Waals surface area contributed by atoms with E-state index in [0.717, 1.165) is 0 Å². The van der Waals surface area contributed by atoms with Crippen LogP contribution >= 0.6 is 0 Å². The van der Waals surface area contributed by atoms with Crippen LogP contribution in [0.15, 0.2) is 24.3 Å². The molecule has 12 heavy (non-hydrogen) atoms. The van der Waals surface area contributed by atoms with Gasteiger partial charge in [-0.05, 0) is 12.1 Å². The zero-order valence-corrected chi connectivity index (χ0v) is 6.29. The van der Waals surface area contributed by atoms with Crippen molar-refractivity contribution in [2.75, 3.05) is 6.61 Å². The number of halogens is 1. The van der Waals surface area contributed by atoms with Crippen molar-refractivity contribution < 1.29 is 13.9 Å². The summed E-state index contributed by atoms with van der Waals surface area (Å²) in [6.07, 6.45) is -1.50. The molecule has 2 rings (SSSR count). The van der Waals surface area contributed by atoms with Crippen molar-refractivity contribution in [3.63, 3.8) is 0 Å². The lowest BCUT2D eigenvalue weighted by Gasteiger charge is -2.18. The average molecular weight is 166 g/mol. The number of ether oxygens (including phenoxy) is 1. The van der Waals surface area contributed by atoms with Crippen molar-refractivity contribution in [1.82, 2.24) is 0 Å². The predicted molar refractivity (Wildman–Crippen MR) is 41.2 cm³/mol. The van der Waals surface area contributed by atoms with Gasteiger partial charge in [0.2, 0.25) is 5.78 Å². The maximum absolute atomic E-state index is 12.8. The Labute approximate surface area is 69.0 Å². The third-order valence-electron chi connectivity index (χ3n) is 1.82. The molecule has 1 aromatic carbocycles. The number of carbonyl (C=O) groups is 1. The molecule has 0 aliphatic carbocycles. The van der Waals surface area contributed by atoms with E-state index in [1.807, 2.05) is 0 Å². The van der Waals surface area contributed by atoms with Crippen LogP contribution in [0.25, 0.3) is 0 Å². The van der Waals surface area contributed by atoms with Crippen LogP contribution in [0.2, 0.25) is 0 Å². The molecule has 0 aromatic heterocycles. The number of hydrogen-bond donors (Lipinski definition) is 0. The molecule has 0 saturated carbocycles. The molecule has 0 spiro atoms. The molecule has 0 unspecified atom stereocenters. The van der Waals surface area contributed by atoms with Gasteiger partial charge in [0, 0.05) is 0 Å². The topological polar surface area (TPSA) is 26.3 Å². The first-order valence-corrected chi connectivity index (χ1v) is 3.69. The van der Waals surface area contributed by atoms with E-state index >= 15 is 0 Å². The standard InChI is InChI=1S/C9H7FO2/c10-7-5-12-8-4-2-1-3-6(8)9(7)11/h1-4,7H,5H2/t7-/m1/s1. The smallest absolute Gasteiger partial charge is 0.204 e. The summed E-state index contributed by atoms with van der Waals surface area (Å²) in [5.74, 6) is 0.00764. The molecular formula is C9H7FO2. The first-order chi connectivity index (χ1) is 5.79. The Morgan fingerprint density at radius 1 is 1.42 bits per heavy atom. The van der Waals surface area contributed by atoms with Crippen LogP contribution in [0.4, 0.5) is 4.39 Å². The second-order valence-corrected chi connectivity index (χ2v) is 2.64. The van der Waals surface area contributed by atoms with E-state index in [2.05, 4.69) is 0 Å². The van der Waals surface area contributed by atoms with Crippen LogP contribution in [-0.4, -0.2) is 18.6 Å². The van der Waals surface area contributed by atoms with Crippen molar-refractivity contribution in [2.45, 2.75) is 6.17 Å². The predicted octanol–water partition coefficient (Wildman–Crippen LogP) is 1.60. The third kappa shape index (κ3) is 0.978. The number of Topliss-reactive ketones (excluding diaryl/α,β-unsaturated/α-hetero) is 1. The maximum atomic E-state index is 12.8. The van der Waals surface area contributed by atoms with Gasteiger partial charge in [-0.1, -0.05) is 12.1 Å². The van der Waals surface area contributed by atoms with Gasteiger partial charge in [-0.15, -0.1) is 0 Å². The normalized spacial score (nSPS) is 21.4. The minimum Gasteiger partial charge on any atom is -0.489 e. The lowest BCUT2D eigenvalue weighted by molar-refractivity contribution is 0.0764. The van der Waals surface area contributed by atoms with Crippen LogP contribution in [-0.2, 0) is 0 Å². The second kappa shape index (κ2) is 2.59. The van der Waals surface area contributed by atoms with Crippen LogP contribution in [0, 0.1) is 0 Å². The highest BCUT2D eigenvalue weighted by Gasteiger charge is 2.27. The number of carbonyl (C=O) groups excluding carboxylic acids is 1. The first kappa shape index (κ1) is 7.28. The van der Waals surface area contributed by atoms with Crippen molar-refractivity contribution in [3.05, 3.63) is 29.8 Å². The molecule has 0 radical (unpaired) electrons.